The normalized spacial score (nSPS) is 14.2. The zero-order valence-electron chi connectivity index (χ0n) is 19.5. The summed E-state index contributed by atoms with van der Waals surface area (Å²) in [6, 6.07) is 13.5. The molecule has 0 unspecified atom stereocenters. The molecular weight excluding hydrogens is 491 g/mol. The monoisotopic (exact) mass is 515 g/mol. The van der Waals surface area contributed by atoms with Crippen LogP contribution in [-0.2, 0) is 17.5 Å². The number of halogens is 3. The second-order valence-corrected chi connectivity index (χ2v) is 8.43. The molecule has 1 fully saturated rings. The van der Waals surface area contributed by atoms with Gasteiger partial charge >= 0.3 is 18.1 Å². The number of rotatable bonds is 8. The van der Waals surface area contributed by atoms with Gasteiger partial charge in [0.05, 0.1) is 52.7 Å². The molecule has 1 aliphatic rings. The van der Waals surface area contributed by atoms with Crippen LogP contribution in [0.2, 0.25) is 0 Å². The van der Waals surface area contributed by atoms with E-state index in [1.54, 1.807) is 12.1 Å². The first-order valence-electron chi connectivity index (χ1n) is 11.4. The number of carbonyl (C=O) groups is 2. The number of hydrogen-bond donors (Lipinski definition) is 4. The van der Waals surface area contributed by atoms with E-state index < -0.39 is 23.7 Å². The molecule has 0 spiro atoms. The molecule has 0 atom stereocenters. The maximum atomic E-state index is 13.5. The lowest BCUT2D eigenvalue weighted by molar-refractivity contribution is -0.137. The molecule has 4 N–H and O–H groups in total. The number of hydrogen-bond acceptors (Lipinski definition) is 6. The first-order chi connectivity index (χ1) is 17.6. The Morgan fingerprint density at radius 3 is 2.11 bits per heavy atom. The molecule has 8 nitrogen and oxygen atoms in total. The van der Waals surface area contributed by atoms with Gasteiger partial charge in [-0.1, -0.05) is 18.2 Å². The average molecular weight is 515 g/mol. The minimum Gasteiger partial charge on any atom is -0.478 e. The van der Waals surface area contributed by atoms with E-state index in [0.717, 1.165) is 23.8 Å². The van der Waals surface area contributed by atoms with Crippen LogP contribution in [-0.4, -0.2) is 53.4 Å². The molecule has 0 bridgehead atoms. The van der Waals surface area contributed by atoms with Crippen LogP contribution in [0.4, 0.5) is 35.9 Å². The predicted octanol–water partition coefficient (Wildman–Crippen LogP) is 5.42. The maximum Gasteiger partial charge on any atom is 0.416 e. The molecule has 194 valence electrons. The minimum atomic E-state index is -4.65. The van der Waals surface area contributed by atoms with Gasteiger partial charge < -0.3 is 25.6 Å². The van der Waals surface area contributed by atoms with Crippen molar-refractivity contribution >= 4 is 34.7 Å². The molecule has 3 aromatic rings. The van der Waals surface area contributed by atoms with Crippen molar-refractivity contribution < 1.29 is 37.7 Å². The van der Waals surface area contributed by atoms with Gasteiger partial charge in [-0.3, -0.25) is 4.90 Å². The quantitative estimate of drug-likeness (QED) is 0.315. The summed E-state index contributed by atoms with van der Waals surface area (Å²) >= 11 is 0. The van der Waals surface area contributed by atoms with Crippen molar-refractivity contribution in [1.82, 2.24) is 4.90 Å². The number of morpholine rings is 1. The zero-order valence-corrected chi connectivity index (χ0v) is 19.5. The van der Waals surface area contributed by atoms with Crippen molar-refractivity contribution in [2.75, 3.05) is 36.9 Å². The van der Waals surface area contributed by atoms with E-state index in [-0.39, 0.29) is 33.9 Å². The number of carboxylic acids is 2. The lowest BCUT2D eigenvalue weighted by Gasteiger charge is -2.26. The summed E-state index contributed by atoms with van der Waals surface area (Å²) in [6.45, 7) is 3.09. The van der Waals surface area contributed by atoms with Crippen molar-refractivity contribution in [3.8, 4) is 0 Å². The molecule has 37 heavy (non-hydrogen) atoms. The minimum absolute atomic E-state index is 0.0709. The topological polar surface area (TPSA) is 111 Å². The number of aromatic carboxylic acids is 2. The maximum absolute atomic E-state index is 13.5. The summed E-state index contributed by atoms with van der Waals surface area (Å²) < 4.78 is 45.8. The van der Waals surface area contributed by atoms with Gasteiger partial charge in [-0.05, 0) is 48.0 Å². The van der Waals surface area contributed by atoms with Gasteiger partial charge in [-0.2, -0.15) is 13.2 Å². The number of ether oxygens (including phenoxy) is 1. The fraction of sp³-hybridized carbons (Fsp3) is 0.231. The van der Waals surface area contributed by atoms with Crippen LogP contribution in [0.15, 0.2) is 60.7 Å². The van der Waals surface area contributed by atoms with E-state index >= 15 is 0 Å². The zero-order chi connectivity index (χ0) is 26.6. The lowest BCUT2D eigenvalue weighted by atomic mass is 10.1. The van der Waals surface area contributed by atoms with Crippen LogP contribution in [0, 0.1) is 0 Å². The Hall–Kier alpha value is -4.09. The van der Waals surface area contributed by atoms with Crippen LogP contribution in [0.1, 0.15) is 31.8 Å². The Balaban J connectivity index is 1.70. The van der Waals surface area contributed by atoms with Crippen molar-refractivity contribution in [2.24, 2.45) is 0 Å². The van der Waals surface area contributed by atoms with Gasteiger partial charge in [0.15, 0.2) is 0 Å². The molecule has 0 radical (unpaired) electrons. The molecule has 1 heterocycles. The SMILES string of the molecule is O=C(O)c1ccccc1Nc1ccc(C(F)(F)F)cc1Nc1ccc(CN2CCOCC2)cc1C(=O)O. The molecule has 0 aliphatic carbocycles. The van der Waals surface area contributed by atoms with Gasteiger partial charge in [-0.25, -0.2) is 9.59 Å². The van der Waals surface area contributed by atoms with Crippen molar-refractivity contribution in [3.63, 3.8) is 0 Å². The van der Waals surface area contributed by atoms with Crippen LogP contribution in [0.5, 0.6) is 0 Å². The average Bonchev–Trinajstić information content (AvgIpc) is 2.86. The highest BCUT2D eigenvalue weighted by Gasteiger charge is 2.31. The van der Waals surface area contributed by atoms with Crippen LogP contribution in [0.25, 0.3) is 0 Å². The Bertz CT molecular complexity index is 1310. The summed E-state index contributed by atoms with van der Waals surface area (Å²) in [5.74, 6) is -2.46. The summed E-state index contributed by atoms with van der Waals surface area (Å²) in [5, 5.41) is 25.0. The van der Waals surface area contributed by atoms with E-state index in [2.05, 4.69) is 15.5 Å². The van der Waals surface area contributed by atoms with E-state index in [0.29, 0.717) is 32.8 Å². The van der Waals surface area contributed by atoms with Gasteiger partial charge in [0, 0.05) is 19.6 Å². The van der Waals surface area contributed by atoms with Crippen molar-refractivity contribution in [3.05, 3.63) is 82.9 Å². The third kappa shape index (κ3) is 6.38. The second-order valence-electron chi connectivity index (χ2n) is 8.43. The molecule has 11 heteroatoms. The van der Waals surface area contributed by atoms with Gasteiger partial charge in [0.25, 0.3) is 0 Å². The van der Waals surface area contributed by atoms with Crippen LogP contribution >= 0.6 is 0 Å². The molecule has 0 saturated carbocycles. The predicted molar refractivity (Wildman–Crippen MR) is 131 cm³/mol. The smallest absolute Gasteiger partial charge is 0.416 e. The molecule has 1 saturated heterocycles. The summed E-state index contributed by atoms with van der Waals surface area (Å²) in [6.07, 6.45) is -4.65. The number of benzene rings is 3. The van der Waals surface area contributed by atoms with Gasteiger partial charge in [0.1, 0.15) is 0 Å². The highest BCUT2D eigenvalue weighted by molar-refractivity contribution is 5.98. The summed E-state index contributed by atoms with van der Waals surface area (Å²) in [5.41, 5.74) is -0.0827. The van der Waals surface area contributed by atoms with Gasteiger partial charge in [-0.15, -0.1) is 0 Å². The molecule has 0 amide bonds. The van der Waals surface area contributed by atoms with Crippen LogP contribution < -0.4 is 10.6 Å². The Kier molecular flexibility index (Phi) is 7.65. The van der Waals surface area contributed by atoms with E-state index in [1.807, 2.05) is 0 Å². The number of nitrogens with zero attached hydrogens (tertiary/aromatic N) is 1. The Morgan fingerprint density at radius 1 is 0.811 bits per heavy atom. The Labute approximate surface area is 210 Å². The summed E-state index contributed by atoms with van der Waals surface area (Å²) in [4.78, 5) is 25.7. The third-order valence-corrected chi connectivity index (χ3v) is 5.87. The van der Waals surface area contributed by atoms with Gasteiger partial charge in [0.2, 0.25) is 0 Å². The summed E-state index contributed by atoms with van der Waals surface area (Å²) in [7, 11) is 0. The number of alkyl halides is 3. The first kappa shape index (κ1) is 26.0. The number of carboxylic acid groups (broad SMARTS) is 2. The fourth-order valence-electron chi connectivity index (χ4n) is 3.99. The van der Waals surface area contributed by atoms with Crippen molar-refractivity contribution in [2.45, 2.75) is 12.7 Å². The standard InChI is InChI=1S/C26H24F3N3O5/c27-26(28,29)17-6-8-22(30-20-4-2-1-3-18(20)24(33)34)23(14-17)31-21-7-5-16(13-19(21)25(35)36)15-32-9-11-37-12-10-32/h1-8,13-14,30-31H,9-12,15H2,(H,33,34)(H,35,36). The number of anilines is 4. The van der Waals surface area contributed by atoms with Crippen molar-refractivity contribution in [1.29, 1.82) is 0 Å². The van der Waals surface area contributed by atoms with Crippen LogP contribution in [0.3, 0.4) is 0 Å². The highest BCUT2D eigenvalue weighted by atomic mass is 19.4. The molecular formula is C26H24F3N3O5. The molecule has 4 rings (SSSR count). The van der Waals surface area contributed by atoms with E-state index in [9.17, 15) is 33.0 Å². The first-order valence-corrected chi connectivity index (χ1v) is 11.4. The molecule has 3 aromatic carbocycles. The number of para-hydroxylation sites is 1. The fourth-order valence-corrected chi connectivity index (χ4v) is 3.99. The third-order valence-electron chi connectivity index (χ3n) is 5.87. The number of nitrogens with one attached hydrogen (secondary N) is 2. The molecule has 0 aromatic heterocycles. The largest absolute Gasteiger partial charge is 0.478 e. The Morgan fingerprint density at radius 2 is 1.43 bits per heavy atom. The lowest BCUT2D eigenvalue weighted by Crippen LogP contribution is -2.35. The van der Waals surface area contributed by atoms with E-state index in [4.69, 9.17) is 4.74 Å². The van der Waals surface area contributed by atoms with E-state index in [1.165, 1.54) is 30.3 Å². The second kappa shape index (κ2) is 10.9. The molecule has 1 aliphatic heterocycles. The highest BCUT2D eigenvalue weighted by Crippen LogP contribution is 2.37.